The summed E-state index contributed by atoms with van der Waals surface area (Å²) in [5.74, 6) is -0.0327. The Morgan fingerprint density at radius 2 is 2.06 bits per heavy atom. The van der Waals surface area contributed by atoms with E-state index in [1.165, 1.54) is 0 Å². The van der Waals surface area contributed by atoms with E-state index >= 15 is 0 Å². The van der Waals surface area contributed by atoms with Gasteiger partial charge in [-0.15, -0.1) is 0 Å². The van der Waals surface area contributed by atoms with Crippen LogP contribution in [0.15, 0.2) is 22.7 Å². The van der Waals surface area contributed by atoms with E-state index in [1.54, 1.807) is 12.1 Å². The first kappa shape index (κ1) is 15.5. The number of anilines is 1. The summed E-state index contributed by atoms with van der Waals surface area (Å²) < 4.78 is 0.712. The maximum absolute atomic E-state index is 11.7. The number of amides is 1. The molecule has 0 unspecified atom stereocenters. The van der Waals surface area contributed by atoms with Gasteiger partial charge in [0.25, 0.3) is 0 Å². The second-order valence-corrected chi connectivity index (χ2v) is 6.28. The smallest absolute Gasteiger partial charge is 0.225 e. The SMILES string of the molecule is CC(C)(C)NCCC(=O)Nc1cccc(Cl)c1Br. The van der Waals surface area contributed by atoms with Crippen molar-refractivity contribution >= 4 is 39.1 Å². The molecule has 0 saturated carbocycles. The lowest BCUT2D eigenvalue weighted by atomic mass is 10.1. The number of benzene rings is 1. The molecule has 0 bridgehead atoms. The molecule has 0 aliphatic carbocycles. The van der Waals surface area contributed by atoms with Gasteiger partial charge in [-0.25, -0.2) is 0 Å². The van der Waals surface area contributed by atoms with E-state index in [4.69, 9.17) is 11.6 Å². The number of nitrogens with one attached hydrogen (secondary N) is 2. The molecule has 0 fully saturated rings. The Morgan fingerprint density at radius 3 is 2.67 bits per heavy atom. The van der Waals surface area contributed by atoms with E-state index < -0.39 is 0 Å². The molecule has 1 rings (SSSR count). The topological polar surface area (TPSA) is 41.1 Å². The van der Waals surface area contributed by atoms with E-state index in [9.17, 15) is 4.79 Å². The number of carbonyl (C=O) groups excluding carboxylic acids is 1. The van der Waals surface area contributed by atoms with Gasteiger partial charge in [-0.1, -0.05) is 17.7 Å². The molecule has 0 saturated heterocycles. The van der Waals surface area contributed by atoms with Gasteiger partial charge in [0.05, 0.1) is 15.2 Å². The van der Waals surface area contributed by atoms with E-state index in [2.05, 4.69) is 47.3 Å². The normalized spacial score (nSPS) is 11.4. The number of hydrogen-bond acceptors (Lipinski definition) is 2. The van der Waals surface area contributed by atoms with E-state index in [-0.39, 0.29) is 11.4 Å². The predicted octanol–water partition coefficient (Wildman–Crippen LogP) is 3.82. The van der Waals surface area contributed by atoms with Crippen molar-refractivity contribution in [3.63, 3.8) is 0 Å². The molecule has 3 nitrogen and oxygen atoms in total. The Hall–Kier alpha value is -0.580. The third kappa shape index (κ3) is 5.38. The molecule has 0 spiro atoms. The van der Waals surface area contributed by atoms with Crippen molar-refractivity contribution in [1.82, 2.24) is 5.32 Å². The Morgan fingerprint density at radius 1 is 1.39 bits per heavy atom. The summed E-state index contributed by atoms with van der Waals surface area (Å²) in [6.07, 6.45) is 0.427. The highest BCUT2D eigenvalue weighted by molar-refractivity contribution is 9.10. The maximum atomic E-state index is 11.7. The first-order valence-electron chi connectivity index (χ1n) is 5.78. The van der Waals surface area contributed by atoms with Gasteiger partial charge in [-0.3, -0.25) is 4.79 Å². The minimum absolute atomic E-state index is 0.0247. The molecule has 5 heteroatoms. The van der Waals surface area contributed by atoms with Crippen molar-refractivity contribution in [3.8, 4) is 0 Å². The minimum atomic E-state index is -0.0327. The highest BCUT2D eigenvalue weighted by Crippen LogP contribution is 2.29. The van der Waals surface area contributed by atoms with Crippen molar-refractivity contribution in [2.75, 3.05) is 11.9 Å². The van der Waals surface area contributed by atoms with Crippen LogP contribution in [-0.2, 0) is 4.79 Å². The number of rotatable bonds is 4. The molecule has 1 aromatic rings. The first-order valence-corrected chi connectivity index (χ1v) is 6.95. The van der Waals surface area contributed by atoms with Crippen LogP contribution in [0, 0.1) is 0 Å². The molecular weight excluding hydrogens is 316 g/mol. The zero-order valence-electron chi connectivity index (χ0n) is 10.8. The fourth-order valence-corrected chi connectivity index (χ4v) is 1.90. The maximum Gasteiger partial charge on any atom is 0.225 e. The van der Waals surface area contributed by atoms with Gasteiger partial charge in [-0.2, -0.15) is 0 Å². The van der Waals surface area contributed by atoms with Crippen LogP contribution in [-0.4, -0.2) is 18.0 Å². The van der Waals surface area contributed by atoms with Crippen molar-refractivity contribution in [2.24, 2.45) is 0 Å². The van der Waals surface area contributed by atoms with E-state index in [1.807, 2.05) is 6.07 Å². The monoisotopic (exact) mass is 332 g/mol. The number of halogens is 2. The van der Waals surface area contributed by atoms with Gasteiger partial charge in [0.2, 0.25) is 5.91 Å². The average molecular weight is 334 g/mol. The van der Waals surface area contributed by atoms with Gasteiger partial charge in [-0.05, 0) is 48.8 Å². The van der Waals surface area contributed by atoms with Crippen LogP contribution in [0.5, 0.6) is 0 Å². The van der Waals surface area contributed by atoms with Crippen molar-refractivity contribution in [3.05, 3.63) is 27.7 Å². The van der Waals surface area contributed by atoms with Crippen LogP contribution < -0.4 is 10.6 Å². The van der Waals surface area contributed by atoms with Crippen molar-refractivity contribution in [1.29, 1.82) is 0 Å². The summed E-state index contributed by atoms with van der Waals surface area (Å²) >= 11 is 9.30. The Kier molecular flexibility index (Phi) is 5.63. The summed E-state index contributed by atoms with van der Waals surface area (Å²) in [5, 5.41) is 6.68. The minimum Gasteiger partial charge on any atom is -0.325 e. The van der Waals surface area contributed by atoms with Crippen LogP contribution in [0.2, 0.25) is 5.02 Å². The second-order valence-electron chi connectivity index (χ2n) is 5.08. The van der Waals surface area contributed by atoms with Gasteiger partial charge in [0.1, 0.15) is 0 Å². The molecule has 0 radical (unpaired) electrons. The van der Waals surface area contributed by atoms with Crippen LogP contribution >= 0.6 is 27.5 Å². The number of carbonyl (C=O) groups is 1. The van der Waals surface area contributed by atoms with E-state index in [0.29, 0.717) is 28.1 Å². The molecule has 2 N–H and O–H groups in total. The standard InChI is InChI=1S/C13H18BrClN2O/c1-13(2,3)16-8-7-11(18)17-10-6-4-5-9(15)12(10)14/h4-6,16H,7-8H2,1-3H3,(H,17,18). The van der Waals surface area contributed by atoms with Crippen LogP contribution in [0.4, 0.5) is 5.69 Å². The summed E-state index contributed by atoms with van der Waals surface area (Å²) in [6, 6.07) is 5.38. The molecule has 0 aromatic heterocycles. The van der Waals surface area contributed by atoms with Gasteiger partial charge < -0.3 is 10.6 Å². The Balaban J connectivity index is 2.48. The first-order chi connectivity index (χ1) is 8.29. The molecular formula is C13H18BrClN2O. The van der Waals surface area contributed by atoms with Crippen molar-refractivity contribution < 1.29 is 4.79 Å². The second kappa shape index (κ2) is 6.55. The fourth-order valence-electron chi connectivity index (χ4n) is 1.36. The van der Waals surface area contributed by atoms with Crippen molar-refractivity contribution in [2.45, 2.75) is 32.7 Å². The number of hydrogen-bond donors (Lipinski definition) is 2. The molecule has 0 atom stereocenters. The molecule has 100 valence electrons. The highest BCUT2D eigenvalue weighted by Gasteiger charge is 2.11. The zero-order chi connectivity index (χ0) is 13.8. The Bertz CT molecular complexity index is 429. The average Bonchev–Trinajstić information content (AvgIpc) is 2.23. The largest absolute Gasteiger partial charge is 0.325 e. The molecule has 1 amide bonds. The van der Waals surface area contributed by atoms with Gasteiger partial charge in [0.15, 0.2) is 0 Å². The summed E-state index contributed by atoms with van der Waals surface area (Å²) in [7, 11) is 0. The van der Waals surface area contributed by atoms with Crippen LogP contribution in [0.25, 0.3) is 0 Å². The van der Waals surface area contributed by atoms with Gasteiger partial charge in [0, 0.05) is 18.5 Å². The lowest BCUT2D eigenvalue weighted by molar-refractivity contribution is -0.116. The molecule has 0 aliphatic heterocycles. The van der Waals surface area contributed by atoms with E-state index in [0.717, 1.165) is 0 Å². The Labute approximate surface area is 121 Å². The lowest BCUT2D eigenvalue weighted by Gasteiger charge is -2.20. The summed E-state index contributed by atoms with van der Waals surface area (Å²) in [5.41, 5.74) is 0.722. The molecule has 0 aliphatic rings. The molecule has 1 aromatic carbocycles. The lowest BCUT2D eigenvalue weighted by Crippen LogP contribution is -2.37. The zero-order valence-corrected chi connectivity index (χ0v) is 13.2. The predicted molar refractivity (Wildman–Crippen MR) is 80.2 cm³/mol. The quantitative estimate of drug-likeness (QED) is 0.879. The fraction of sp³-hybridized carbons (Fsp3) is 0.462. The summed E-state index contributed by atoms with van der Waals surface area (Å²) in [6.45, 7) is 6.85. The van der Waals surface area contributed by atoms with Gasteiger partial charge >= 0.3 is 0 Å². The summed E-state index contributed by atoms with van der Waals surface area (Å²) in [4.78, 5) is 11.7. The van der Waals surface area contributed by atoms with Crippen LogP contribution in [0.1, 0.15) is 27.2 Å². The molecule has 0 heterocycles. The third-order valence-corrected chi connectivity index (χ3v) is 3.63. The van der Waals surface area contributed by atoms with Crippen LogP contribution in [0.3, 0.4) is 0 Å². The highest BCUT2D eigenvalue weighted by atomic mass is 79.9. The molecule has 18 heavy (non-hydrogen) atoms. The third-order valence-electron chi connectivity index (χ3n) is 2.23.